The highest BCUT2D eigenvalue weighted by molar-refractivity contribution is 5.77. The Bertz CT molecular complexity index is 728. The Hall–Kier alpha value is -2.24. The molecule has 0 radical (unpaired) electrons. The molecule has 1 aliphatic heterocycles. The Morgan fingerprint density at radius 3 is 2.91 bits per heavy atom. The molecule has 1 aliphatic rings. The number of hydrogen-bond donors (Lipinski definition) is 0. The van der Waals surface area contributed by atoms with Crippen LogP contribution in [-0.4, -0.2) is 27.0 Å². The molecule has 0 fully saturated rings. The number of amides is 1. The average Bonchev–Trinajstić information content (AvgIpc) is 2.90. The summed E-state index contributed by atoms with van der Waals surface area (Å²) >= 11 is 0. The summed E-state index contributed by atoms with van der Waals surface area (Å²) in [6, 6.07) is 4.78. The van der Waals surface area contributed by atoms with Crippen LogP contribution in [0.15, 0.2) is 22.7 Å². The van der Waals surface area contributed by atoms with Crippen LogP contribution in [0.5, 0.6) is 0 Å². The normalized spacial score (nSPS) is 20.4. The van der Waals surface area contributed by atoms with E-state index in [1.807, 2.05) is 18.7 Å². The molecular formula is C17H20FN3O2. The van der Waals surface area contributed by atoms with Gasteiger partial charge in [-0.05, 0) is 50.5 Å². The van der Waals surface area contributed by atoms with Crippen LogP contribution in [0.1, 0.15) is 49.2 Å². The molecule has 122 valence electrons. The molecule has 6 heteroatoms. The van der Waals surface area contributed by atoms with Gasteiger partial charge in [0, 0.05) is 18.9 Å². The molecule has 0 spiro atoms. The maximum atomic E-state index is 13.4. The molecule has 0 N–H and O–H groups in total. The number of benzene rings is 1. The number of aromatic nitrogens is 2. The first-order valence-electron chi connectivity index (χ1n) is 7.84. The molecule has 1 amide bonds. The second kappa shape index (κ2) is 6.10. The first kappa shape index (κ1) is 15.6. The summed E-state index contributed by atoms with van der Waals surface area (Å²) in [4.78, 5) is 18.6. The quantitative estimate of drug-likeness (QED) is 0.873. The third kappa shape index (κ3) is 3.11. The molecule has 0 aliphatic carbocycles. The average molecular weight is 317 g/mol. The van der Waals surface area contributed by atoms with Crippen LogP contribution in [0.4, 0.5) is 4.39 Å². The lowest BCUT2D eigenvalue weighted by molar-refractivity contribution is -0.136. The minimum Gasteiger partial charge on any atom is -0.339 e. The number of carbonyl (C=O) groups is 1. The standard InChI is InChI=1S/C17H20FN3O2/c1-10-8-13-9-14(18)4-5-15(13)11(2)21(10)17(22)7-6-16-19-12(3)20-23-16/h4-5,9-11H,6-8H2,1-3H3. The molecule has 0 saturated heterocycles. The zero-order valence-electron chi connectivity index (χ0n) is 13.5. The zero-order chi connectivity index (χ0) is 16.6. The van der Waals surface area contributed by atoms with Gasteiger partial charge in [-0.1, -0.05) is 11.2 Å². The van der Waals surface area contributed by atoms with E-state index in [9.17, 15) is 9.18 Å². The van der Waals surface area contributed by atoms with Gasteiger partial charge in [-0.15, -0.1) is 0 Å². The van der Waals surface area contributed by atoms with Crippen LogP contribution in [-0.2, 0) is 17.6 Å². The highest BCUT2D eigenvalue weighted by Gasteiger charge is 2.32. The van der Waals surface area contributed by atoms with Gasteiger partial charge in [0.1, 0.15) is 5.82 Å². The fourth-order valence-corrected chi connectivity index (χ4v) is 3.35. The number of hydrogen-bond acceptors (Lipinski definition) is 4. The van der Waals surface area contributed by atoms with E-state index in [0.717, 1.165) is 11.1 Å². The van der Waals surface area contributed by atoms with Crippen molar-refractivity contribution in [1.29, 1.82) is 0 Å². The Balaban J connectivity index is 1.74. The van der Waals surface area contributed by atoms with Crippen molar-refractivity contribution < 1.29 is 13.7 Å². The van der Waals surface area contributed by atoms with Gasteiger partial charge in [0.25, 0.3) is 0 Å². The molecule has 2 atom stereocenters. The Morgan fingerprint density at radius 1 is 1.43 bits per heavy atom. The third-order valence-corrected chi connectivity index (χ3v) is 4.37. The number of fused-ring (bicyclic) bond motifs is 1. The molecule has 2 unspecified atom stereocenters. The van der Waals surface area contributed by atoms with Crippen LogP contribution in [0.3, 0.4) is 0 Å². The van der Waals surface area contributed by atoms with E-state index in [1.54, 1.807) is 19.1 Å². The van der Waals surface area contributed by atoms with Gasteiger partial charge < -0.3 is 9.42 Å². The summed E-state index contributed by atoms with van der Waals surface area (Å²) in [5.41, 5.74) is 2.01. The SMILES string of the molecule is Cc1noc(CCC(=O)N2C(C)Cc3cc(F)ccc3C2C)n1. The lowest BCUT2D eigenvalue weighted by atomic mass is 9.89. The van der Waals surface area contributed by atoms with Gasteiger partial charge >= 0.3 is 0 Å². The van der Waals surface area contributed by atoms with Crippen molar-refractivity contribution in [2.24, 2.45) is 0 Å². The maximum Gasteiger partial charge on any atom is 0.227 e. The summed E-state index contributed by atoms with van der Waals surface area (Å²) in [7, 11) is 0. The van der Waals surface area contributed by atoms with Crippen molar-refractivity contribution in [3.8, 4) is 0 Å². The van der Waals surface area contributed by atoms with Gasteiger partial charge in [-0.3, -0.25) is 4.79 Å². The lowest BCUT2D eigenvalue weighted by Gasteiger charge is -2.40. The van der Waals surface area contributed by atoms with E-state index >= 15 is 0 Å². The highest BCUT2D eigenvalue weighted by atomic mass is 19.1. The van der Waals surface area contributed by atoms with E-state index in [4.69, 9.17) is 4.52 Å². The number of rotatable bonds is 3. The second-order valence-electron chi connectivity index (χ2n) is 6.11. The van der Waals surface area contributed by atoms with E-state index in [1.165, 1.54) is 6.07 Å². The van der Waals surface area contributed by atoms with E-state index < -0.39 is 0 Å². The van der Waals surface area contributed by atoms with Crippen LogP contribution in [0.2, 0.25) is 0 Å². The predicted octanol–water partition coefficient (Wildman–Crippen LogP) is 2.98. The predicted molar refractivity (Wildman–Crippen MR) is 82.2 cm³/mol. The van der Waals surface area contributed by atoms with Crippen molar-refractivity contribution in [2.45, 2.75) is 52.1 Å². The summed E-state index contributed by atoms with van der Waals surface area (Å²) in [6.45, 7) is 5.74. The molecule has 0 bridgehead atoms. The van der Waals surface area contributed by atoms with Crippen LogP contribution >= 0.6 is 0 Å². The Morgan fingerprint density at radius 2 is 2.22 bits per heavy atom. The molecule has 5 nitrogen and oxygen atoms in total. The van der Waals surface area contributed by atoms with Gasteiger partial charge in [0.2, 0.25) is 11.8 Å². The fourth-order valence-electron chi connectivity index (χ4n) is 3.35. The summed E-state index contributed by atoms with van der Waals surface area (Å²) < 4.78 is 18.5. The molecule has 1 aromatic carbocycles. The molecule has 3 rings (SSSR count). The van der Waals surface area contributed by atoms with Crippen LogP contribution in [0.25, 0.3) is 0 Å². The van der Waals surface area contributed by atoms with Gasteiger partial charge in [-0.25, -0.2) is 4.39 Å². The maximum absolute atomic E-state index is 13.4. The van der Waals surface area contributed by atoms with Crippen molar-refractivity contribution in [3.63, 3.8) is 0 Å². The second-order valence-corrected chi connectivity index (χ2v) is 6.11. The Labute approximate surface area is 134 Å². The first-order chi connectivity index (χ1) is 11.0. The third-order valence-electron chi connectivity index (χ3n) is 4.37. The number of nitrogens with zero attached hydrogens (tertiary/aromatic N) is 3. The van der Waals surface area contributed by atoms with Gasteiger partial charge in [-0.2, -0.15) is 4.98 Å². The number of carbonyl (C=O) groups excluding carboxylic acids is 1. The largest absolute Gasteiger partial charge is 0.339 e. The fraction of sp³-hybridized carbons (Fsp3) is 0.471. The lowest BCUT2D eigenvalue weighted by Crippen LogP contribution is -2.45. The zero-order valence-corrected chi connectivity index (χ0v) is 13.5. The van der Waals surface area contributed by atoms with E-state index in [2.05, 4.69) is 10.1 Å². The minimum absolute atomic E-state index is 0.0382. The smallest absolute Gasteiger partial charge is 0.227 e. The summed E-state index contributed by atoms with van der Waals surface area (Å²) in [5, 5.41) is 3.73. The van der Waals surface area contributed by atoms with Crippen molar-refractivity contribution in [2.75, 3.05) is 0 Å². The van der Waals surface area contributed by atoms with Crippen molar-refractivity contribution in [3.05, 3.63) is 46.9 Å². The first-order valence-corrected chi connectivity index (χ1v) is 7.84. The molecule has 2 heterocycles. The highest BCUT2D eigenvalue weighted by Crippen LogP contribution is 2.33. The minimum atomic E-state index is -0.227. The van der Waals surface area contributed by atoms with Gasteiger partial charge in [0.15, 0.2) is 5.82 Å². The van der Waals surface area contributed by atoms with Crippen LogP contribution in [0, 0.1) is 12.7 Å². The number of aryl methyl sites for hydroxylation is 2. The van der Waals surface area contributed by atoms with E-state index in [0.29, 0.717) is 31.0 Å². The molecule has 2 aromatic rings. The Kier molecular flexibility index (Phi) is 4.15. The van der Waals surface area contributed by atoms with Crippen LogP contribution < -0.4 is 0 Å². The molecule has 0 saturated carbocycles. The summed E-state index contributed by atoms with van der Waals surface area (Å²) in [6.07, 6.45) is 1.43. The van der Waals surface area contributed by atoms with E-state index in [-0.39, 0.29) is 23.8 Å². The molecule has 1 aromatic heterocycles. The van der Waals surface area contributed by atoms with Crippen molar-refractivity contribution >= 4 is 5.91 Å². The molecule has 23 heavy (non-hydrogen) atoms. The van der Waals surface area contributed by atoms with Crippen molar-refractivity contribution in [1.82, 2.24) is 15.0 Å². The molecular weight excluding hydrogens is 297 g/mol. The van der Waals surface area contributed by atoms with Gasteiger partial charge in [0.05, 0.1) is 6.04 Å². The number of halogens is 1. The summed E-state index contributed by atoms with van der Waals surface area (Å²) in [5.74, 6) is 0.879. The topological polar surface area (TPSA) is 59.2 Å². The monoisotopic (exact) mass is 317 g/mol.